The van der Waals surface area contributed by atoms with Gasteiger partial charge in [-0.05, 0) is 25.7 Å². The van der Waals surface area contributed by atoms with Crippen LogP contribution >= 0.6 is 0 Å². The van der Waals surface area contributed by atoms with Gasteiger partial charge in [-0.3, -0.25) is 4.79 Å². The fourth-order valence-corrected chi connectivity index (χ4v) is 3.29. The molecule has 1 aliphatic heterocycles. The van der Waals surface area contributed by atoms with Crippen LogP contribution in [0.15, 0.2) is 0 Å². The molecule has 1 rings (SSSR count). The van der Waals surface area contributed by atoms with E-state index < -0.39 is 10.0 Å². The molecule has 0 aromatic carbocycles. The Kier molecular flexibility index (Phi) is 5.16. The van der Waals surface area contributed by atoms with Crippen LogP contribution in [-0.4, -0.2) is 37.6 Å². The molecule has 0 aliphatic carbocycles. The number of carbonyl (C=O) groups is 1. The van der Waals surface area contributed by atoms with E-state index in [1.807, 2.05) is 6.92 Å². The summed E-state index contributed by atoms with van der Waals surface area (Å²) in [6, 6.07) is 0.186. The average molecular weight is 276 g/mol. The first kappa shape index (κ1) is 15.4. The van der Waals surface area contributed by atoms with Gasteiger partial charge >= 0.3 is 0 Å². The summed E-state index contributed by atoms with van der Waals surface area (Å²) in [5, 5.41) is 5.02. The predicted molar refractivity (Wildman–Crippen MR) is 71.3 cm³/mol. The summed E-state index contributed by atoms with van der Waals surface area (Å²) >= 11 is 0. The molecule has 1 aliphatic rings. The lowest BCUT2D eigenvalue weighted by atomic mass is 10.0. The maximum Gasteiger partial charge on any atom is 0.223 e. The Labute approximate surface area is 110 Å². The fraction of sp³-hybridized carbons (Fsp3) is 0.917. The molecule has 0 bridgehead atoms. The molecule has 1 heterocycles. The van der Waals surface area contributed by atoms with Crippen molar-refractivity contribution in [2.75, 3.05) is 12.3 Å². The standard InChI is InChI=1S/C12H24N2O3S/c1-9(2)4-5-10(3)14-7-11(6-12(14)15)8-18(13,16)17/h9-11H,4-8H2,1-3H3,(H2,13,16,17). The lowest BCUT2D eigenvalue weighted by molar-refractivity contribution is -0.129. The topological polar surface area (TPSA) is 80.5 Å². The summed E-state index contributed by atoms with van der Waals surface area (Å²) in [6.45, 7) is 6.86. The molecule has 0 saturated carbocycles. The van der Waals surface area contributed by atoms with Gasteiger partial charge in [-0.25, -0.2) is 13.6 Å². The second kappa shape index (κ2) is 6.02. The SMILES string of the molecule is CC(C)CCC(C)N1CC(CS(N)(=O)=O)CC1=O. The fourth-order valence-electron chi connectivity index (χ4n) is 2.41. The Morgan fingerprint density at radius 2 is 1.94 bits per heavy atom. The average Bonchev–Trinajstić information content (AvgIpc) is 2.53. The Morgan fingerprint density at radius 3 is 2.44 bits per heavy atom. The van der Waals surface area contributed by atoms with E-state index in [4.69, 9.17) is 5.14 Å². The minimum atomic E-state index is -3.48. The van der Waals surface area contributed by atoms with E-state index in [0.717, 1.165) is 12.8 Å². The highest BCUT2D eigenvalue weighted by Crippen LogP contribution is 2.23. The first-order chi connectivity index (χ1) is 8.19. The maximum absolute atomic E-state index is 11.8. The molecule has 2 atom stereocenters. The molecule has 5 nitrogen and oxygen atoms in total. The lowest BCUT2D eigenvalue weighted by Gasteiger charge is -2.25. The Hall–Kier alpha value is -0.620. The van der Waals surface area contributed by atoms with Crippen LogP contribution in [0.25, 0.3) is 0 Å². The molecular weight excluding hydrogens is 252 g/mol. The smallest absolute Gasteiger partial charge is 0.223 e. The van der Waals surface area contributed by atoms with Gasteiger partial charge in [0.1, 0.15) is 0 Å². The van der Waals surface area contributed by atoms with Crippen molar-refractivity contribution in [2.45, 2.75) is 46.1 Å². The molecule has 0 aromatic rings. The van der Waals surface area contributed by atoms with E-state index in [0.29, 0.717) is 18.9 Å². The Balaban J connectivity index is 2.51. The maximum atomic E-state index is 11.8. The zero-order valence-electron chi connectivity index (χ0n) is 11.4. The zero-order chi connectivity index (χ0) is 13.9. The van der Waals surface area contributed by atoms with Crippen LogP contribution in [0, 0.1) is 11.8 Å². The molecular formula is C12H24N2O3S. The van der Waals surface area contributed by atoms with Crippen LogP contribution in [0.3, 0.4) is 0 Å². The van der Waals surface area contributed by atoms with Crippen LogP contribution in [-0.2, 0) is 14.8 Å². The van der Waals surface area contributed by atoms with Crippen LogP contribution < -0.4 is 5.14 Å². The number of carbonyl (C=O) groups excluding carboxylic acids is 1. The van der Waals surface area contributed by atoms with E-state index in [2.05, 4.69) is 13.8 Å². The van der Waals surface area contributed by atoms with Gasteiger partial charge in [-0.15, -0.1) is 0 Å². The van der Waals surface area contributed by atoms with Gasteiger partial charge in [0.25, 0.3) is 0 Å². The van der Waals surface area contributed by atoms with Gasteiger partial charge in [0.2, 0.25) is 15.9 Å². The number of nitrogens with two attached hydrogens (primary N) is 1. The van der Waals surface area contributed by atoms with Crippen molar-refractivity contribution in [1.82, 2.24) is 4.90 Å². The van der Waals surface area contributed by atoms with Gasteiger partial charge in [-0.1, -0.05) is 13.8 Å². The molecule has 2 unspecified atom stereocenters. The molecule has 0 spiro atoms. The highest BCUT2D eigenvalue weighted by Gasteiger charge is 2.34. The molecule has 1 saturated heterocycles. The van der Waals surface area contributed by atoms with E-state index in [1.165, 1.54) is 0 Å². The van der Waals surface area contributed by atoms with Crippen LogP contribution in [0.2, 0.25) is 0 Å². The van der Waals surface area contributed by atoms with Crippen molar-refractivity contribution >= 4 is 15.9 Å². The normalized spacial score (nSPS) is 22.8. The highest BCUT2D eigenvalue weighted by molar-refractivity contribution is 7.89. The number of amides is 1. The molecule has 0 radical (unpaired) electrons. The number of sulfonamides is 1. The van der Waals surface area contributed by atoms with Gasteiger partial charge in [0.15, 0.2) is 0 Å². The highest BCUT2D eigenvalue weighted by atomic mass is 32.2. The minimum Gasteiger partial charge on any atom is -0.340 e. The second-order valence-electron chi connectivity index (χ2n) is 5.77. The van der Waals surface area contributed by atoms with Crippen molar-refractivity contribution in [2.24, 2.45) is 17.0 Å². The zero-order valence-corrected chi connectivity index (χ0v) is 12.2. The lowest BCUT2D eigenvalue weighted by Crippen LogP contribution is -2.35. The van der Waals surface area contributed by atoms with E-state index in [-0.39, 0.29) is 23.6 Å². The first-order valence-electron chi connectivity index (χ1n) is 6.49. The van der Waals surface area contributed by atoms with Crippen LogP contribution in [0.1, 0.15) is 40.0 Å². The third-order valence-corrected chi connectivity index (χ3v) is 4.34. The second-order valence-corrected chi connectivity index (χ2v) is 7.43. The quantitative estimate of drug-likeness (QED) is 0.784. The number of hydrogen-bond donors (Lipinski definition) is 1. The summed E-state index contributed by atoms with van der Waals surface area (Å²) in [5.41, 5.74) is 0. The minimum absolute atomic E-state index is 0.0555. The van der Waals surface area contributed by atoms with E-state index >= 15 is 0 Å². The molecule has 0 aromatic heterocycles. The number of nitrogens with zero attached hydrogens (tertiary/aromatic N) is 1. The number of likely N-dealkylation sites (tertiary alicyclic amines) is 1. The monoisotopic (exact) mass is 276 g/mol. The summed E-state index contributed by atoms with van der Waals surface area (Å²) in [7, 11) is -3.48. The Bertz CT molecular complexity index is 392. The molecule has 18 heavy (non-hydrogen) atoms. The third-order valence-electron chi connectivity index (χ3n) is 3.40. The number of hydrogen-bond acceptors (Lipinski definition) is 3. The van der Waals surface area contributed by atoms with Crippen molar-refractivity contribution in [3.8, 4) is 0 Å². The molecule has 2 N–H and O–H groups in total. The van der Waals surface area contributed by atoms with Crippen molar-refractivity contribution in [3.05, 3.63) is 0 Å². The largest absolute Gasteiger partial charge is 0.340 e. The molecule has 1 fully saturated rings. The van der Waals surface area contributed by atoms with Crippen molar-refractivity contribution in [1.29, 1.82) is 0 Å². The number of rotatable bonds is 6. The summed E-state index contributed by atoms with van der Waals surface area (Å²) < 4.78 is 22.1. The molecule has 106 valence electrons. The molecule has 6 heteroatoms. The summed E-state index contributed by atoms with van der Waals surface area (Å²) in [4.78, 5) is 13.7. The third kappa shape index (κ3) is 4.94. The van der Waals surface area contributed by atoms with Gasteiger partial charge in [0, 0.05) is 24.9 Å². The van der Waals surface area contributed by atoms with E-state index in [1.54, 1.807) is 4.90 Å². The van der Waals surface area contributed by atoms with Gasteiger partial charge < -0.3 is 4.90 Å². The summed E-state index contributed by atoms with van der Waals surface area (Å²) in [6.07, 6.45) is 2.35. The molecule has 1 amide bonds. The van der Waals surface area contributed by atoms with Crippen LogP contribution in [0.4, 0.5) is 0 Å². The van der Waals surface area contributed by atoms with Gasteiger partial charge in [-0.2, -0.15) is 0 Å². The Morgan fingerprint density at radius 1 is 1.33 bits per heavy atom. The predicted octanol–water partition coefficient (Wildman–Crippen LogP) is 0.948. The van der Waals surface area contributed by atoms with E-state index in [9.17, 15) is 13.2 Å². The van der Waals surface area contributed by atoms with Crippen molar-refractivity contribution in [3.63, 3.8) is 0 Å². The van der Waals surface area contributed by atoms with Crippen molar-refractivity contribution < 1.29 is 13.2 Å². The first-order valence-corrected chi connectivity index (χ1v) is 8.20. The van der Waals surface area contributed by atoms with Crippen LogP contribution in [0.5, 0.6) is 0 Å². The number of primary sulfonamides is 1. The van der Waals surface area contributed by atoms with Gasteiger partial charge in [0.05, 0.1) is 5.75 Å². The summed E-state index contributed by atoms with van der Waals surface area (Å²) in [5.74, 6) is 0.436.